The van der Waals surface area contributed by atoms with Crippen molar-refractivity contribution in [2.24, 2.45) is 0 Å². The van der Waals surface area contributed by atoms with Gasteiger partial charge in [-0.15, -0.1) is 0 Å². The van der Waals surface area contributed by atoms with Gasteiger partial charge in [0, 0.05) is 12.2 Å². The van der Waals surface area contributed by atoms with Crippen LogP contribution in [-0.4, -0.2) is 40.7 Å². The predicted octanol–water partition coefficient (Wildman–Crippen LogP) is 0.354. The number of hydrogen-bond donors (Lipinski definition) is 3. The summed E-state index contributed by atoms with van der Waals surface area (Å²) in [6.45, 7) is 3.63. The number of carboxylic acids is 1. The predicted molar refractivity (Wildman–Crippen MR) is 74.4 cm³/mol. The summed E-state index contributed by atoms with van der Waals surface area (Å²) in [5.74, 6) is -1.47. The summed E-state index contributed by atoms with van der Waals surface area (Å²) in [6, 6.07) is 1.73. The van der Waals surface area contributed by atoms with Gasteiger partial charge >= 0.3 is 5.97 Å². The molecule has 0 aromatic carbocycles. The molecule has 1 amide bonds. The number of aryl methyl sites for hydroxylation is 2. The topological polar surface area (TPSA) is 108 Å². The van der Waals surface area contributed by atoms with Crippen LogP contribution in [0, 0.1) is 13.8 Å². The van der Waals surface area contributed by atoms with Crippen LogP contribution in [0.15, 0.2) is 10.9 Å². The molecule has 2 unspecified atom stereocenters. The highest BCUT2D eigenvalue weighted by Crippen LogP contribution is 2.19. The van der Waals surface area contributed by atoms with E-state index in [9.17, 15) is 14.4 Å². The highest BCUT2D eigenvalue weighted by atomic mass is 16.5. The Morgan fingerprint density at radius 1 is 1.43 bits per heavy atom. The fourth-order valence-electron chi connectivity index (χ4n) is 2.47. The number of H-pyrrole nitrogens is 1. The molecule has 0 saturated carbocycles. The van der Waals surface area contributed by atoms with Gasteiger partial charge in [0.1, 0.15) is 5.56 Å². The molecule has 7 heteroatoms. The SMILES string of the molecule is Cc1cc(C)c(C(=O)NCC2CCC(C(=O)O)O2)c(=O)[nH]1. The number of aromatic amines is 1. The average molecular weight is 294 g/mol. The van der Waals surface area contributed by atoms with Gasteiger partial charge in [0.05, 0.1) is 6.10 Å². The molecule has 1 aromatic heterocycles. The van der Waals surface area contributed by atoms with Crippen molar-refractivity contribution in [3.05, 3.63) is 33.2 Å². The molecule has 1 aromatic rings. The van der Waals surface area contributed by atoms with Crippen molar-refractivity contribution in [1.82, 2.24) is 10.3 Å². The number of aliphatic carboxylic acids is 1. The second-order valence-electron chi connectivity index (χ2n) is 5.21. The molecule has 0 bridgehead atoms. The minimum atomic E-state index is -0.991. The number of pyridine rings is 1. The van der Waals surface area contributed by atoms with Crippen molar-refractivity contribution in [3.63, 3.8) is 0 Å². The third-order valence-corrected chi connectivity index (χ3v) is 3.47. The molecule has 114 valence electrons. The number of ether oxygens (including phenoxy) is 1. The fourth-order valence-corrected chi connectivity index (χ4v) is 2.47. The number of nitrogens with one attached hydrogen (secondary N) is 2. The van der Waals surface area contributed by atoms with E-state index in [1.165, 1.54) is 0 Å². The highest BCUT2D eigenvalue weighted by molar-refractivity contribution is 5.95. The Hall–Kier alpha value is -2.15. The standard InChI is InChI=1S/C14H18N2O5/c1-7-5-8(2)16-13(18)11(7)12(17)15-6-9-3-4-10(21-9)14(19)20/h5,9-10H,3-4,6H2,1-2H3,(H,15,17)(H,16,18)(H,19,20). The summed E-state index contributed by atoms with van der Waals surface area (Å²) >= 11 is 0. The number of hydrogen-bond acceptors (Lipinski definition) is 4. The lowest BCUT2D eigenvalue weighted by atomic mass is 10.1. The summed E-state index contributed by atoms with van der Waals surface area (Å²) in [6.07, 6.45) is -0.142. The lowest BCUT2D eigenvalue weighted by Crippen LogP contribution is -2.36. The molecule has 1 aliphatic heterocycles. The van der Waals surface area contributed by atoms with E-state index < -0.39 is 23.5 Å². The van der Waals surface area contributed by atoms with Crippen LogP contribution in [-0.2, 0) is 9.53 Å². The summed E-state index contributed by atoms with van der Waals surface area (Å²) in [5.41, 5.74) is 0.941. The first-order valence-corrected chi connectivity index (χ1v) is 6.75. The number of aromatic nitrogens is 1. The molecular weight excluding hydrogens is 276 g/mol. The normalized spacial score (nSPS) is 21.2. The monoisotopic (exact) mass is 294 g/mol. The largest absolute Gasteiger partial charge is 0.479 e. The van der Waals surface area contributed by atoms with E-state index in [1.807, 2.05) is 0 Å². The first-order chi connectivity index (χ1) is 9.88. The van der Waals surface area contributed by atoms with Crippen molar-refractivity contribution < 1.29 is 19.4 Å². The molecule has 21 heavy (non-hydrogen) atoms. The molecule has 2 atom stereocenters. The van der Waals surface area contributed by atoms with Crippen molar-refractivity contribution >= 4 is 11.9 Å². The zero-order valence-electron chi connectivity index (χ0n) is 11.9. The quantitative estimate of drug-likeness (QED) is 0.742. The first-order valence-electron chi connectivity index (χ1n) is 6.75. The summed E-state index contributed by atoms with van der Waals surface area (Å²) in [4.78, 5) is 37.2. The molecule has 1 saturated heterocycles. The van der Waals surface area contributed by atoms with Crippen LogP contribution >= 0.6 is 0 Å². The third-order valence-electron chi connectivity index (χ3n) is 3.47. The molecule has 3 N–H and O–H groups in total. The van der Waals surface area contributed by atoms with E-state index in [1.54, 1.807) is 19.9 Å². The zero-order valence-corrected chi connectivity index (χ0v) is 11.9. The molecule has 7 nitrogen and oxygen atoms in total. The molecule has 0 radical (unpaired) electrons. The van der Waals surface area contributed by atoms with Gasteiger partial charge in [-0.1, -0.05) is 0 Å². The van der Waals surface area contributed by atoms with Gasteiger partial charge in [0.15, 0.2) is 6.10 Å². The van der Waals surface area contributed by atoms with E-state index in [-0.39, 0.29) is 18.2 Å². The Morgan fingerprint density at radius 2 is 2.14 bits per heavy atom. The minimum absolute atomic E-state index is 0.0772. The average Bonchev–Trinajstić information content (AvgIpc) is 2.84. The van der Waals surface area contributed by atoms with Gasteiger partial charge < -0.3 is 20.1 Å². The fraction of sp³-hybridized carbons (Fsp3) is 0.500. The molecule has 0 aliphatic carbocycles. The van der Waals surface area contributed by atoms with Crippen molar-refractivity contribution in [3.8, 4) is 0 Å². The number of carbonyl (C=O) groups excluding carboxylic acids is 1. The van der Waals surface area contributed by atoms with Crippen LogP contribution < -0.4 is 10.9 Å². The molecule has 1 aliphatic rings. The molecule has 1 fully saturated rings. The maximum Gasteiger partial charge on any atom is 0.332 e. The molecule has 2 rings (SSSR count). The lowest BCUT2D eigenvalue weighted by molar-refractivity contribution is -0.149. The van der Waals surface area contributed by atoms with Crippen LogP contribution in [0.25, 0.3) is 0 Å². The van der Waals surface area contributed by atoms with Crippen molar-refractivity contribution in [2.45, 2.75) is 38.9 Å². The zero-order chi connectivity index (χ0) is 15.6. The smallest absolute Gasteiger partial charge is 0.332 e. The summed E-state index contributed by atoms with van der Waals surface area (Å²) in [5, 5.41) is 11.5. The number of rotatable bonds is 4. The lowest BCUT2D eigenvalue weighted by Gasteiger charge is -2.13. The van der Waals surface area contributed by atoms with Gasteiger partial charge in [0.25, 0.3) is 11.5 Å². The van der Waals surface area contributed by atoms with E-state index >= 15 is 0 Å². The summed E-state index contributed by atoms with van der Waals surface area (Å²) in [7, 11) is 0. The van der Waals surface area contributed by atoms with E-state index in [4.69, 9.17) is 9.84 Å². The van der Waals surface area contributed by atoms with Crippen LogP contribution in [0.5, 0.6) is 0 Å². The van der Waals surface area contributed by atoms with Gasteiger partial charge in [0.2, 0.25) is 0 Å². The minimum Gasteiger partial charge on any atom is -0.479 e. The maximum absolute atomic E-state index is 12.1. The van der Waals surface area contributed by atoms with Gasteiger partial charge in [-0.3, -0.25) is 9.59 Å². The Morgan fingerprint density at radius 3 is 2.71 bits per heavy atom. The Labute approximate surface area is 121 Å². The van der Waals surface area contributed by atoms with E-state index in [0.29, 0.717) is 24.1 Å². The van der Waals surface area contributed by atoms with Crippen LogP contribution in [0.4, 0.5) is 0 Å². The maximum atomic E-state index is 12.1. The Balaban J connectivity index is 1.97. The number of amides is 1. The first kappa shape index (κ1) is 15.2. The van der Waals surface area contributed by atoms with E-state index in [2.05, 4.69) is 10.3 Å². The second kappa shape index (κ2) is 6.09. The van der Waals surface area contributed by atoms with Crippen LogP contribution in [0.3, 0.4) is 0 Å². The Kier molecular flexibility index (Phi) is 4.42. The second-order valence-corrected chi connectivity index (χ2v) is 5.21. The molecule has 0 spiro atoms. The third kappa shape index (κ3) is 3.49. The molecular formula is C14H18N2O5. The number of carbonyl (C=O) groups is 2. The summed E-state index contributed by atoms with van der Waals surface area (Å²) < 4.78 is 5.29. The van der Waals surface area contributed by atoms with Crippen molar-refractivity contribution in [1.29, 1.82) is 0 Å². The number of carboxylic acid groups (broad SMARTS) is 1. The molecule has 2 heterocycles. The van der Waals surface area contributed by atoms with Crippen LogP contribution in [0.1, 0.15) is 34.5 Å². The van der Waals surface area contributed by atoms with Gasteiger partial charge in [-0.25, -0.2) is 4.79 Å². The van der Waals surface area contributed by atoms with Gasteiger partial charge in [-0.05, 0) is 38.3 Å². The van der Waals surface area contributed by atoms with Crippen molar-refractivity contribution in [2.75, 3.05) is 6.54 Å². The highest BCUT2D eigenvalue weighted by Gasteiger charge is 2.30. The Bertz CT molecular complexity index is 622. The van der Waals surface area contributed by atoms with E-state index in [0.717, 1.165) is 0 Å². The van der Waals surface area contributed by atoms with Gasteiger partial charge in [-0.2, -0.15) is 0 Å². The van der Waals surface area contributed by atoms with Crippen LogP contribution in [0.2, 0.25) is 0 Å².